The lowest BCUT2D eigenvalue weighted by Crippen LogP contribution is -2.62. The molecule has 368 valence electrons. The van der Waals surface area contributed by atoms with Gasteiger partial charge in [-0.2, -0.15) is 0 Å². The Balaban J connectivity index is 1.03. The third-order valence-electron chi connectivity index (χ3n) is 17.4. The molecule has 0 aromatic heterocycles. The van der Waals surface area contributed by atoms with Gasteiger partial charge in [-0.25, -0.2) is 0 Å². The highest BCUT2D eigenvalue weighted by atomic mass is 15.2. The molecule has 2 heterocycles. The first kappa shape index (κ1) is 46.6. The minimum atomic E-state index is -0.239. The van der Waals surface area contributed by atoms with Gasteiger partial charge in [0.1, 0.15) is 0 Å². The number of para-hydroxylation sites is 2. The van der Waals surface area contributed by atoms with Crippen molar-refractivity contribution in [3.63, 3.8) is 0 Å². The van der Waals surface area contributed by atoms with E-state index in [0.29, 0.717) is 0 Å². The number of allylic oxidation sites excluding steroid dienone is 2. The van der Waals surface area contributed by atoms with Crippen LogP contribution in [0.15, 0.2) is 279 Å². The monoisotopic (exact) mass is 986 g/mol. The van der Waals surface area contributed by atoms with Gasteiger partial charge in [-0.1, -0.05) is 252 Å². The van der Waals surface area contributed by atoms with E-state index in [0.717, 1.165) is 5.69 Å². The Morgan fingerprint density at radius 1 is 0.377 bits per heavy atom. The molecule has 0 radical (unpaired) electrons. The Bertz CT molecular complexity index is 4050. The predicted octanol–water partition coefficient (Wildman–Crippen LogP) is 18.1. The van der Waals surface area contributed by atoms with Crippen LogP contribution in [0.1, 0.15) is 44.4 Å². The van der Waals surface area contributed by atoms with E-state index in [9.17, 15) is 0 Å². The van der Waals surface area contributed by atoms with Crippen LogP contribution in [0.25, 0.3) is 54.9 Å². The molecule has 0 spiro atoms. The Labute approximate surface area is 454 Å². The lowest BCUT2D eigenvalue weighted by atomic mass is 9.28. The van der Waals surface area contributed by atoms with Crippen molar-refractivity contribution in [1.29, 1.82) is 0 Å². The molecule has 77 heavy (non-hydrogen) atoms. The molecule has 0 saturated carbocycles. The zero-order chi connectivity index (χ0) is 51.8. The second-order valence-electron chi connectivity index (χ2n) is 22.4. The van der Waals surface area contributed by atoms with Crippen molar-refractivity contribution < 1.29 is 0 Å². The van der Waals surface area contributed by atoms with Crippen LogP contribution in [0.3, 0.4) is 0 Å². The summed E-state index contributed by atoms with van der Waals surface area (Å²) in [6.07, 6.45) is 7.64. The van der Waals surface area contributed by atoms with E-state index in [4.69, 9.17) is 0 Å². The number of hydrogen-bond acceptors (Lipinski definition) is 2. The summed E-state index contributed by atoms with van der Waals surface area (Å²) in [7, 11) is 0. The second kappa shape index (κ2) is 18.4. The SMILES string of the molecule is CC(C)(C1=CC2B3c4cc(C(C)(C)c5ccccc5)ccc4N(c4ccccc4)c4cc(-c5cccc(-c6c7ccccc7c(-c7ccccc7)c7ccccc67)c5)cc(c43)N(c3ccccc3)C2C=C1)c1ccccc1. The van der Waals surface area contributed by atoms with Gasteiger partial charge in [-0.05, 0) is 142 Å². The molecular weight excluding hydrogens is 928 g/mol. The fraction of sp³-hybridized carbons (Fsp3) is 0.108. The Morgan fingerprint density at radius 2 is 0.870 bits per heavy atom. The van der Waals surface area contributed by atoms with E-state index in [1.165, 1.54) is 111 Å². The molecule has 0 amide bonds. The highest BCUT2D eigenvalue weighted by Crippen LogP contribution is 2.52. The summed E-state index contributed by atoms with van der Waals surface area (Å²) in [4.78, 5) is 5.24. The summed E-state index contributed by atoms with van der Waals surface area (Å²) in [5.41, 5.74) is 20.9. The predicted molar refractivity (Wildman–Crippen MR) is 329 cm³/mol. The maximum absolute atomic E-state index is 2.67. The maximum atomic E-state index is 2.67. The summed E-state index contributed by atoms with van der Waals surface area (Å²) in [6, 6.07) is 95.0. The molecule has 1 aliphatic carbocycles. The smallest absolute Gasteiger partial charge is 0.226 e. The van der Waals surface area contributed by atoms with Gasteiger partial charge >= 0.3 is 0 Å². The fourth-order valence-electron chi connectivity index (χ4n) is 13.4. The Kier molecular flexibility index (Phi) is 11.2. The van der Waals surface area contributed by atoms with Crippen molar-refractivity contribution in [1.82, 2.24) is 0 Å². The quantitative estimate of drug-likeness (QED) is 0.105. The normalized spacial score (nSPS) is 15.7. The average molecular weight is 987 g/mol. The van der Waals surface area contributed by atoms with Crippen molar-refractivity contribution in [2.75, 3.05) is 9.80 Å². The Morgan fingerprint density at radius 3 is 1.48 bits per heavy atom. The van der Waals surface area contributed by atoms with Crippen LogP contribution in [0, 0.1) is 0 Å². The van der Waals surface area contributed by atoms with Crippen LogP contribution in [0.2, 0.25) is 5.82 Å². The summed E-state index contributed by atoms with van der Waals surface area (Å²) in [5, 5.41) is 5.01. The van der Waals surface area contributed by atoms with E-state index in [-0.39, 0.29) is 29.4 Å². The van der Waals surface area contributed by atoms with Gasteiger partial charge < -0.3 is 9.80 Å². The first-order valence-corrected chi connectivity index (χ1v) is 27.4. The first-order chi connectivity index (χ1) is 37.7. The summed E-state index contributed by atoms with van der Waals surface area (Å²) < 4.78 is 0. The van der Waals surface area contributed by atoms with Crippen LogP contribution < -0.4 is 20.7 Å². The third kappa shape index (κ3) is 7.62. The number of hydrogen-bond donors (Lipinski definition) is 0. The zero-order valence-electron chi connectivity index (χ0n) is 44.1. The number of rotatable bonds is 9. The van der Waals surface area contributed by atoms with E-state index in [2.05, 4.69) is 311 Å². The van der Waals surface area contributed by atoms with Crippen LogP contribution in [-0.4, -0.2) is 12.8 Å². The van der Waals surface area contributed by atoms with Gasteiger partial charge in [0.05, 0.1) is 6.04 Å². The summed E-state index contributed by atoms with van der Waals surface area (Å²) >= 11 is 0. The molecule has 0 bridgehead atoms. The zero-order valence-corrected chi connectivity index (χ0v) is 44.1. The standard InChI is InChI=1S/C74H59BN2/c1-73(2,54-29-12-6-13-30-54)56-41-43-66-64(48-56)75-65-49-57(74(3,4)55-31-14-7-15-32-55)42-44-67(65)77(59-35-18-9-19-36-59)69-47-53(46-68(72(69)75)76(66)58-33-16-8-17-34-58)51-27-24-28-52(45-51)71-62-39-22-20-37-60(62)70(50-25-10-5-11-26-50)61-38-21-23-40-63(61)71/h5-49,64,66H,1-4H3. The molecule has 2 aliphatic heterocycles. The van der Waals surface area contributed by atoms with E-state index < -0.39 is 0 Å². The summed E-state index contributed by atoms with van der Waals surface area (Å²) in [6.45, 7) is 9.60. The van der Waals surface area contributed by atoms with Crippen LogP contribution in [0.5, 0.6) is 0 Å². The molecule has 11 aromatic rings. The largest absolute Gasteiger partial charge is 0.335 e. The van der Waals surface area contributed by atoms with Gasteiger partial charge in [0.25, 0.3) is 0 Å². The molecule has 14 rings (SSSR count). The van der Waals surface area contributed by atoms with Crippen molar-refractivity contribution in [3.05, 3.63) is 295 Å². The first-order valence-electron chi connectivity index (χ1n) is 27.4. The number of benzene rings is 11. The van der Waals surface area contributed by atoms with Crippen molar-refractivity contribution in [2.24, 2.45) is 0 Å². The summed E-state index contributed by atoms with van der Waals surface area (Å²) in [5.74, 6) is 0.103. The van der Waals surface area contributed by atoms with Gasteiger partial charge in [0, 0.05) is 39.3 Å². The molecule has 0 saturated heterocycles. The van der Waals surface area contributed by atoms with Gasteiger partial charge in [0.15, 0.2) is 0 Å². The van der Waals surface area contributed by atoms with E-state index in [1.807, 2.05) is 0 Å². The van der Waals surface area contributed by atoms with Gasteiger partial charge in [-0.15, -0.1) is 0 Å². The van der Waals surface area contributed by atoms with Crippen molar-refractivity contribution >= 4 is 67.6 Å². The van der Waals surface area contributed by atoms with Gasteiger partial charge in [0.2, 0.25) is 6.71 Å². The molecule has 2 unspecified atom stereocenters. The number of nitrogens with zero attached hydrogens (tertiary/aromatic N) is 2. The highest BCUT2D eigenvalue weighted by molar-refractivity contribution is 6.91. The minimum absolute atomic E-state index is 0.0300. The lowest BCUT2D eigenvalue weighted by Gasteiger charge is -2.51. The molecule has 3 heteroatoms. The van der Waals surface area contributed by atoms with E-state index >= 15 is 0 Å². The van der Waals surface area contributed by atoms with Crippen molar-refractivity contribution in [3.8, 4) is 33.4 Å². The minimum Gasteiger partial charge on any atom is -0.335 e. The maximum Gasteiger partial charge on any atom is 0.226 e. The average Bonchev–Trinajstić information content (AvgIpc) is 3.63. The van der Waals surface area contributed by atoms with Crippen molar-refractivity contribution in [2.45, 2.75) is 50.4 Å². The number of fused-ring (bicyclic) bond motifs is 6. The molecule has 0 N–H and O–H groups in total. The second-order valence-corrected chi connectivity index (χ2v) is 22.4. The van der Waals surface area contributed by atoms with Gasteiger partial charge in [-0.3, -0.25) is 0 Å². The molecule has 2 atom stereocenters. The topological polar surface area (TPSA) is 6.48 Å². The van der Waals surface area contributed by atoms with E-state index in [1.54, 1.807) is 0 Å². The Hall–Kier alpha value is -8.92. The molecule has 0 fully saturated rings. The number of anilines is 5. The highest BCUT2D eigenvalue weighted by Gasteiger charge is 2.50. The molecule has 3 aliphatic rings. The third-order valence-corrected chi connectivity index (χ3v) is 17.4. The van der Waals surface area contributed by atoms with Crippen LogP contribution in [-0.2, 0) is 10.8 Å². The van der Waals surface area contributed by atoms with Crippen LogP contribution >= 0.6 is 0 Å². The molecule has 2 nitrogen and oxygen atoms in total. The molecule has 11 aromatic carbocycles. The lowest BCUT2D eigenvalue weighted by molar-refractivity contribution is 0.622. The fourth-order valence-corrected chi connectivity index (χ4v) is 13.4. The molecular formula is C74H59BN2. The van der Waals surface area contributed by atoms with Crippen LogP contribution in [0.4, 0.5) is 28.4 Å².